The van der Waals surface area contributed by atoms with Gasteiger partial charge < -0.3 is 9.84 Å². The number of hydrogen-bond donors (Lipinski definition) is 1. The van der Waals surface area contributed by atoms with Gasteiger partial charge in [0.05, 0.1) is 17.3 Å². The summed E-state index contributed by atoms with van der Waals surface area (Å²) in [6.07, 6.45) is 3.48. The Balaban J connectivity index is 1.66. The molecule has 0 saturated heterocycles. The van der Waals surface area contributed by atoms with Crippen LogP contribution in [0.1, 0.15) is 44.6 Å². The van der Waals surface area contributed by atoms with Crippen LogP contribution in [0.4, 0.5) is 15.9 Å². The summed E-state index contributed by atoms with van der Waals surface area (Å²) in [5, 5.41) is 16.0. The standard InChI is InChI=1S/C28H28FN7O3/c1-7-18-19(21-13-22(26(37)35(6)33-21)32-23-10-15(2)39-34-23)8-9-30-25(18)36-27(38)24-16(14-31-36)11-17(12-20(24)29)28(3,4)5/h8-14H,7H2,1-6H3,(H,32,34). The molecule has 0 aliphatic carbocycles. The lowest BCUT2D eigenvalue weighted by molar-refractivity contribution is 0.400. The van der Waals surface area contributed by atoms with Crippen molar-refractivity contribution in [2.75, 3.05) is 5.32 Å². The molecule has 10 nitrogen and oxygen atoms in total. The van der Waals surface area contributed by atoms with E-state index in [1.54, 1.807) is 38.2 Å². The van der Waals surface area contributed by atoms with E-state index in [4.69, 9.17) is 4.52 Å². The topological polar surface area (TPSA) is 121 Å². The number of aryl methyl sites for hydroxylation is 2. The summed E-state index contributed by atoms with van der Waals surface area (Å²) in [5.74, 6) is 0.635. The second kappa shape index (κ2) is 9.57. The minimum atomic E-state index is -0.609. The van der Waals surface area contributed by atoms with E-state index in [0.717, 1.165) is 10.2 Å². The van der Waals surface area contributed by atoms with Crippen molar-refractivity contribution >= 4 is 22.3 Å². The molecule has 0 saturated carbocycles. The normalized spacial score (nSPS) is 11.8. The zero-order valence-electron chi connectivity index (χ0n) is 22.5. The fraction of sp³-hybridized carbons (Fsp3) is 0.286. The van der Waals surface area contributed by atoms with Gasteiger partial charge >= 0.3 is 0 Å². The van der Waals surface area contributed by atoms with Crippen LogP contribution >= 0.6 is 0 Å². The number of anilines is 2. The maximum absolute atomic E-state index is 15.2. The molecule has 0 aliphatic rings. The molecule has 4 heterocycles. The molecule has 0 spiro atoms. The predicted octanol–water partition coefficient (Wildman–Crippen LogP) is 4.58. The van der Waals surface area contributed by atoms with Gasteiger partial charge in [-0.05, 0) is 48.6 Å². The highest BCUT2D eigenvalue weighted by Crippen LogP contribution is 2.29. The molecule has 0 atom stereocenters. The molecule has 0 fully saturated rings. The maximum Gasteiger partial charge on any atom is 0.290 e. The minimum absolute atomic E-state index is 0.0538. The Bertz CT molecular complexity index is 1850. The third-order valence-corrected chi connectivity index (χ3v) is 6.52. The fourth-order valence-electron chi connectivity index (χ4n) is 4.46. The molecule has 200 valence electrons. The van der Waals surface area contributed by atoms with Crippen molar-refractivity contribution in [1.29, 1.82) is 0 Å². The van der Waals surface area contributed by atoms with E-state index in [1.807, 2.05) is 27.7 Å². The molecule has 5 aromatic rings. The summed E-state index contributed by atoms with van der Waals surface area (Å²) in [6, 6.07) is 8.22. The number of hydrogen-bond acceptors (Lipinski definition) is 8. The van der Waals surface area contributed by atoms with E-state index >= 15 is 4.39 Å². The summed E-state index contributed by atoms with van der Waals surface area (Å²) in [6.45, 7) is 9.59. The van der Waals surface area contributed by atoms with Crippen molar-refractivity contribution in [2.45, 2.75) is 46.5 Å². The van der Waals surface area contributed by atoms with Gasteiger partial charge in [-0.3, -0.25) is 9.59 Å². The lowest BCUT2D eigenvalue weighted by Crippen LogP contribution is -2.25. The molecule has 1 aromatic carbocycles. The highest BCUT2D eigenvalue weighted by Gasteiger charge is 2.21. The van der Waals surface area contributed by atoms with Crippen molar-refractivity contribution in [2.24, 2.45) is 7.05 Å². The first-order valence-electron chi connectivity index (χ1n) is 12.5. The van der Waals surface area contributed by atoms with Crippen LogP contribution in [0.15, 0.2) is 56.8 Å². The van der Waals surface area contributed by atoms with Crippen molar-refractivity contribution in [3.05, 3.63) is 86.1 Å². The quantitative estimate of drug-likeness (QED) is 0.351. The SMILES string of the molecule is CCc1c(-c2cc(Nc3cc(C)on3)c(=O)n(C)n2)ccnc1-n1ncc2cc(C(C)(C)C)cc(F)c2c1=O. The number of pyridine rings is 1. The van der Waals surface area contributed by atoms with Crippen LogP contribution < -0.4 is 16.4 Å². The third kappa shape index (κ3) is 4.71. The van der Waals surface area contributed by atoms with E-state index in [0.29, 0.717) is 40.2 Å². The molecular formula is C28H28FN7O3. The highest BCUT2D eigenvalue weighted by atomic mass is 19.1. The van der Waals surface area contributed by atoms with Gasteiger partial charge in [0, 0.05) is 35.8 Å². The minimum Gasteiger partial charge on any atom is -0.360 e. The van der Waals surface area contributed by atoms with E-state index in [2.05, 4.69) is 25.7 Å². The van der Waals surface area contributed by atoms with Crippen molar-refractivity contribution in [3.63, 3.8) is 0 Å². The predicted molar refractivity (Wildman–Crippen MR) is 146 cm³/mol. The Morgan fingerprint density at radius 3 is 2.54 bits per heavy atom. The second-order valence-corrected chi connectivity index (χ2v) is 10.4. The van der Waals surface area contributed by atoms with E-state index in [1.165, 1.54) is 23.1 Å². The first kappa shape index (κ1) is 26.0. The molecule has 0 bridgehead atoms. The molecular weight excluding hydrogens is 501 g/mol. The molecule has 0 aliphatic heterocycles. The number of rotatable bonds is 5. The number of nitrogens with zero attached hydrogens (tertiary/aromatic N) is 6. The molecule has 0 unspecified atom stereocenters. The number of fused-ring (bicyclic) bond motifs is 1. The van der Waals surface area contributed by atoms with Crippen LogP contribution in [0, 0.1) is 12.7 Å². The van der Waals surface area contributed by atoms with Crippen LogP contribution in [0.5, 0.6) is 0 Å². The molecule has 0 radical (unpaired) electrons. The molecule has 11 heteroatoms. The Labute approximate surface area is 223 Å². The largest absolute Gasteiger partial charge is 0.360 e. The average Bonchev–Trinajstić information content (AvgIpc) is 3.30. The Morgan fingerprint density at radius 1 is 1.10 bits per heavy atom. The summed E-state index contributed by atoms with van der Waals surface area (Å²) in [5.41, 5.74) is 1.53. The number of nitrogens with one attached hydrogen (secondary N) is 1. The monoisotopic (exact) mass is 529 g/mol. The zero-order valence-corrected chi connectivity index (χ0v) is 22.5. The summed E-state index contributed by atoms with van der Waals surface area (Å²) >= 11 is 0. The van der Waals surface area contributed by atoms with Gasteiger partial charge in [0.2, 0.25) is 0 Å². The Hall–Kier alpha value is -4.67. The summed E-state index contributed by atoms with van der Waals surface area (Å²) in [4.78, 5) is 30.7. The van der Waals surface area contributed by atoms with E-state index in [-0.39, 0.29) is 27.9 Å². The fourth-order valence-corrected chi connectivity index (χ4v) is 4.46. The van der Waals surface area contributed by atoms with E-state index < -0.39 is 11.4 Å². The Kier molecular flexibility index (Phi) is 6.37. The summed E-state index contributed by atoms with van der Waals surface area (Å²) < 4.78 is 22.7. The van der Waals surface area contributed by atoms with Crippen molar-refractivity contribution < 1.29 is 8.91 Å². The molecule has 39 heavy (non-hydrogen) atoms. The highest BCUT2D eigenvalue weighted by molar-refractivity contribution is 5.82. The van der Waals surface area contributed by atoms with Crippen LogP contribution in [-0.4, -0.2) is 29.7 Å². The van der Waals surface area contributed by atoms with Gasteiger partial charge in [0.15, 0.2) is 11.6 Å². The van der Waals surface area contributed by atoms with Crippen molar-refractivity contribution in [3.8, 4) is 17.1 Å². The molecule has 1 N–H and O–H groups in total. The molecule has 5 rings (SSSR count). The van der Waals surface area contributed by atoms with E-state index in [9.17, 15) is 9.59 Å². The number of halogens is 1. The summed E-state index contributed by atoms with van der Waals surface area (Å²) in [7, 11) is 1.54. The second-order valence-electron chi connectivity index (χ2n) is 10.4. The average molecular weight is 530 g/mol. The van der Waals surface area contributed by atoms with Gasteiger partial charge in [0.1, 0.15) is 17.3 Å². The Morgan fingerprint density at radius 2 is 1.87 bits per heavy atom. The first-order chi connectivity index (χ1) is 18.5. The van der Waals surface area contributed by atoms with Gasteiger partial charge in [-0.1, -0.05) is 32.9 Å². The maximum atomic E-state index is 15.2. The zero-order chi connectivity index (χ0) is 28.1. The van der Waals surface area contributed by atoms with Gasteiger partial charge in [-0.25, -0.2) is 14.1 Å². The van der Waals surface area contributed by atoms with Crippen LogP contribution in [0.3, 0.4) is 0 Å². The lowest BCUT2D eigenvalue weighted by atomic mass is 9.86. The third-order valence-electron chi connectivity index (χ3n) is 6.52. The number of aromatic nitrogens is 6. The van der Waals surface area contributed by atoms with Crippen molar-refractivity contribution in [1.82, 2.24) is 29.7 Å². The van der Waals surface area contributed by atoms with Gasteiger partial charge in [-0.15, -0.1) is 0 Å². The molecule has 4 aromatic heterocycles. The van der Waals surface area contributed by atoms with Gasteiger partial charge in [-0.2, -0.15) is 14.9 Å². The number of benzene rings is 1. The van der Waals surface area contributed by atoms with Crippen LogP contribution in [-0.2, 0) is 18.9 Å². The van der Waals surface area contributed by atoms with Gasteiger partial charge in [0.25, 0.3) is 11.1 Å². The van der Waals surface area contributed by atoms with Crippen LogP contribution in [0.2, 0.25) is 0 Å². The smallest absolute Gasteiger partial charge is 0.290 e. The molecule has 0 amide bonds. The lowest BCUT2D eigenvalue weighted by Gasteiger charge is -2.20. The first-order valence-corrected chi connectivity index (χ1v) is 12.5. The van der Waals surface area contributed by atoms with Crippen LogP contribution in [0.25, 0.3) is 27.8 Å².